The van der Waals surface area contributed by atoms with Crippen LogP contribution in [0.15, 0.2) is 42.5 Å². The zero-order valence-electron chi connectivity index (χ0n) is 13.9. The molecule has 0 aliphatic carbocycles. The molecule has 0 saturated heterocycles. The molecule has 23 heavy (non-hydrogen) atoms. The lowest BCUT2D eigenvalue weighted by Gasteiger charge is -2.21. The Morgan fingerprint density at radius 2 is 1.65 bits per heavy atom. The molecule has 2 aromatic rings. The Morgan fingerprint density at radius 3 is 2.22 bits per heavy atom. The van der Waals surface area contributed by atoms with Gasteiger partial charge in [0.15, 0.2) is 0 Å². The molecule has 2 atom stereocenters. The van der Waals surface area contributed by atoms with Gasteiger partial charge in [-0.05, 0) is 38.5 Å². The lowest BCUT2D eigenvalue weighted by atomic mass is 10.1. The highest BCUT2D eigenvalue weighted by molar-refractivity contribution is 7.92. The Kier molecular flexibility index (Phi) is 5.38. The van der Waals surface area contributed by atoms with Gasteiger partial charge in [-0.15, -0.1) is 0 Å². The van der Waals surface area contributed by atoms with E-state index >= 15 is 0 Å². The number of aryl methyl sites for hydroxylation is 1. The van der Waals surface area contributed by atoms with Crippen LogP contribution >= 0.6 is 0 Å². The number of nitrogens with zero attached hydrogens (tertiary/aromatic N) is 1. The molecular formula is C17H23N3O2S. The highest BCUT2D eigenvalue weighted by atomic mass is 32.2. The average Bonchev–Trinajstić information content (AvgIpc) is 2.48. The molecule has 0 bridgehead atoms. The Morgan fingerprint density at radius 1 is 1.00 bits per heavy atom. The quantitative estimate of drug-likeness (QED) is 0.852. The Labute approximate surface area is 138 Å². The monoisotopic (exact) mass is 333 g/mol. The summed E-state index contributed by atoms with van der Waals surface area (Å²) in [5.74, 6) is 0. The van der Waals surface area contributed by atoms with E-state index in [-0.39, 0.29) is 12.1 Å². The third-order valence-corrected chi connectivity index (χ3v) is 4.24. The standard InChI is InChI=1S/C17H23N3O2S/c1-12(15-8-6-5-7-9-15)18-13(2)16-10-11-17(14(3)19-16)20-23(4,21)22/h5-13,18,20H,1-4H3/t12?,13-/m1/s1. The Bertz CT molecular complexity index is 761. The minimum absolute atomic E-state index is 0.0520. The van der Waals surface area contributed by atoms with Crippen molar-refractivity contribution in [3.8, 4) is 0 Å². The second-order valence-electron chi connectivity index (χ2n) is 5.76. The number of hydrogen-bond donors (Lipinski definition) is 2. The third kappa shape index (κ3) is 5.04. The maximum absolute atomic E-state index is 11.3. The molecule has 0 aliphatic rings. The second kappa shape index (κ2) is 7.10. The van der Waals surface area contributed by atoms with Crippen LogP contribution in [0.4, 0.5) is 5.69 Å². The normalized spacial score (nSPS) is 14.3. The molecule has 0 radical (unpaired) electrons. The van der Waals surface area contributed by atoms with Crippen molar-refractivity contribution in [1.29, 1.82) is 0 Å². The van der Waals surface area contributed by atoms with Crippen molar-refractivity contribution in [2.45, 2.75) is 32.9 Å². The average molecular weight is 333 g/mol. The Balaban J connectivity index is 2.11. The van der Waals surface area contributed by atoms with Crippen LogP contribution in [-0.4, -0.2) is 19.7 Å². The van der Waals surface area contributed by atoms with Crippen molar-refractivity contribution in [2.24, 2.45) is 0 Å². The van der Waals surface area contributed by atoms with Gasteiger partial charge in [-0.2, -0.15) is 0 Å². The summed E-state index contributed by atoms with van der Waals surface area (Å²) >= 11 is 0. The van der Waals surface area contributed by atoms with Gasteiger partial charge in [0, 0.05) is 12.1 Å². The SMILES string of the molecule is Cc1nc([C@@H](C)NC(C)c2ccccc2)ccc1NS(C)(=O)=O. The van der Waals surface area contributed by atoms with Crippen molar-refractivity contribution in [3.63, 3.8) is 0 Å². The maximum atomic E-state index is 11.3. The van der Waals surface area contributed by atoms with Gasteiger partial charge < -0.3 is 5.32 Å². The van der Waals surface area contributed by atoms with Crippen LogP contribution in [0, 0.1) is 6.92 Å². The lowest BCUT2D eigenvalue weighted by molar-refractivity contribution is 0.486. The molecule has 1 heterocycles. The topological polar surface area (TPSA) is 71.1 Å². The van der Waals surface area contributed by atoms with Crippen LogP contribution < -0.4 is 10.0 Å². The van der Waals surface area contributed by atoms with E-state index in [2.05, 4.69) is 34.1 Å². The maximum Gasteiger partial charge on any atom is 0.229 e. The summed E-state index contributed by atoms with van der Waals surface area (Å²) in [5.41, 5.74) is 3.27. The summed E-state index contributed by atoms with van der Waals surface area (Å²) in [5, 5.41) is 3.51. The lowest BCUT2D eigenvalue weighted by Crippen LogP contribution is -2.23. The second-order valence-corrected chi connectivity index (χ2v) is 7.51. The molecule has 2 rings (SSSR count). The number of anilines is 1. The molecule has 1 aromatic carbocycles. The van der Waals surface area contributed by atoms with Crippen molar-refractivity contribution < 1.29 is 8.42 Å². The summed E-state index contributed by atoms with van der Waals surface area (Å²) in [4.78, 5) is 4.51. The number of pyridine rings is 1. The predicted octanol–water partition coefficient (Wildman–Crippen LogP) is 3.17. The van der Waals surface area contributed by atoms with E-state index in [1.807, 2.05) is 31.2 Å². The number of rotatable bonds is 6. The molecule has 0 spiro atoms. The molecular weight excluding hydrogens is 310 g/mol. The molecule has 0 saturated carbocycles. The van der Waals surface area contributed by atoms with Gasteiger partial charge >= 0.3 is 0 Å². The molecule has 2 N–H and O–H groups in total. The predicted molar refractivity (Wildman–Crippen MR) is 93.8 cm³/mol. The number of nitrogens with one attached hydrogen (secondary N) is 2. The first kappa shape index (κ1) is 17.4. The van der Waals surface area contributed by atoms with E-state index in [0.29, 0.717) is 11.4 Å². The van der Waals surface area contributed by atoms with Gasteiger partial charge in [-0.3, -0.25) is 9.71 Å². The van der Waals surface area contributed by atoms with Crippen LogP contribution in [0.5, 0.6) is 0 Å². The van der Waals surface area contributed by atoms with Crippen molar-refractivity contribution in [3.05, 3.63) is 59.4 Å². The molecule has 6 heteroatoms. The summed E-state index contributed by atoms with van der Waals surface area (Å²) in [6.45, 7) is 5.95. The fraction of sp³-hybridized carbons (Fsp3) is 0.353. The van der Waals surface area contributed by atoms with Crippen LogP contribution in [0.3, 0.4) is 0 Å². The van der Waals surface area contributed by atoms with Crippen LogP contribution in [-0.2, 0) is 10.0 Å². The van der Waals surface area contributed by atoms with E-state index in [4.69, 9.17) is 0 Å². The Hall–Kier alpha value is -1.92. The van der Waals surface area contributed by atoms with Gasteiger partial charge in [0.1, 0.15) is 0 Å². The highest BCUT2D eigenvalue weighted by Gasteiger charge is 2.14. The summed E-state index contributed by atoms with van der Waals surface area (Å²) < 4.78 is 25.1. The van der Waals surface area contributed by atoms with E-state index in [1.54, 1.807) is 13.0 Å². The minimum Gasteiger partial charge on any atom is -0.302 e. The summed E-state index contributed by atoms with van der Waals surface area (Å²) in [7, 11) is -3.29. The van der Waals surface area contributed by atoms with Crippen molar-refractivity contribution in [1.82, 2.24) is 10.3 Å². The van der Waals surface area contributed by atoms with Crippen molar-refractivity contribution in [2.75, 3.05) is 11.0 Å². The van der Waals surface area contributed by atoms with Crippen LogP contribution in [0.1, 0.15) is 42.9 Å². The molecule has 5 nitrogen and oxygen atoms in total. The fourth-order valence-corrected chi connectivity index (χ4v) is 3.04. The number of benzene rings is 1. The van der Waals surface area contributed by atoms with Crippen molar-refractivity contribution >= 4 is 15.7 Å². The van der Waals surface area contributed by atoms with E-state index in [1.165, 1.54) is 5.56 Å². The first-order valence-corrected chi connectivity index (χ1v) is 9.42. The molecule has 0 amide bonds. The number of aromatic nitrogens is 1. The first-order chi connectivity index (χ1) is 10.8. The number of sulfonamides is 1. The van der Waals surface area contributed by atoms with E-state index in [9.17, 15) is 8.42 Å². The van der Waals surface area contributed by atoms with Gasteiger partial charge in [0.05, 0.1) is 23.3 Å². The van der Waals surface area contributed by atoms with Gasteiger partial charge in [0.25, 0.3) is 0 Å². The first-order valence-electron chi connectivity index (χ1n) is 7.52. The summed E-state index contributed by atoms with van der Waals surface area (Å²) in [6.07, 6.45) is 1.13. The largest absolute Gasteiger partial charge is 0.302 e. The highest BCUT2D eigenvalue weighted by Crippen LogP contribution is 2.21. The minimum atomic E-state index is -3.29. The molecule has 124 valence electrons. The third-order valence-electron chi connectivity index (χ3n) is 3.65. The van der Waals surface area contributed by atoms with Gasteiger partial charge in [0.2, 0.25) is 10.0 Å². The smallest absolute Gasteiger partial charge is 0.229 e. The molecule has 1 unspecified atom stereocenters. The molecule has 0 fully saturated rings. The van der Waals surface area contributed by atoms with Gasteiger partial charge in [-0.25, -0.2) is 8.42 Å². The molecule has 1 aromatic heterocycles. The fourth-order valence-electron chi connectivity index (χ4n) is 2.43. The van der Waals surface area contributed by atoms with E-state index < -0.39 is 10.0 Å². The van der Waals surface area contributed by atoms with E-state index in [0.717, 1.165) is 11.9 Å². The zero-order chi connectivity index (χ0) is 17.0. The molecule has 0 aliphatic heterocycles. The van der Waals surface area contributed by atoms with Gasteiger partial charge in [-0.1, -0.05) is 30.3 Å². The zero-order valence-corrected chi connectivity index (χ0v) is 14.7. The summed E-state index contributed by atoms with van der Waals surface area (Å²) in [6, 6.07) is 14.1. The van der Waals surface area contributed by atoms with Crippen LogP contribution in [0.2, 0.25) is 0 Å². The number of hydrogen-bond acceptors (Lipinski definition) is 4. The van der Waals surface area contributed by atoms with Crippen LogP contribution in [0.25, 0.3) is 0 Å².